The molecule has 6 aromatic rings. The van der Waals surface area contributed by atoms with E-state index in [-0.39, 0.29) is 5.91 Å². The highest BCUT2D eigenvalue weighted by atomic mass is 32.1. The average molecular weight is 569 g/mol. The maximum Gasteiger partial charge on any atom is 0.271 e. The van der Waals surface area contributed by atoms with Crippen LogP contribution in [-0.4, -0.2) is 17.1 Å². The Kier molecular flexibility index (Phi) is 8.01. The highest BCUT2D eigenvalue weighted by Crippen LogP contribution is 2.29. The van der Waals surface area contributed by atoms with Crippen LogP contribution in [0.2, 0.25) is 0 Å². The number of aryl methyl sites for hydroxylation is 1. The number of nitrogens with zero attached hydrogens (tertiary/aromatic N) is 2. The molecule has 0 saturated heterocycles. The van der Waals surface area contributed by atoms with Crippen molar-refractivity contribution >= 4 is 45.0 Å². The lowest BCUT2D eigenvalue weighted by Crippen LogP contribution is -2.17. The molecule has 0 atom stereocenters. The Morgan fingerprint density at radius 1 is 0.881 bits per heavy atom. The third-order valence-electron chi connectivity index (χ3n) is 6.78. The predicted molar refractivity (Wildman–Crippen MR) is 172 cm³/mol. The van der Waals surface area contributed by atoms with Crippen LogP contribution >= 0.6 is 11.3 Å². The first-order chi connectivity index (χ1) is 20.6. The number of hydrogen-bond acceptors (Lipinski definition) is 6. The van der Waals surface area contributed by atoms with Gasteiger partial charge in [-0.1, -0.05) is 90.5 Å². The van der Waals surface area contributed by atoms with Crippen LogP contribution in [0.15, 0.2) is 126 Å². The zero-order valence-electron chi connectivity index (χ0n) is 23.0. The molecule has 0 bridgehead atoms. The molecule has 5 aromatic carbocycles. The van der Waals surface area contributed by atoms with Crippen molar-refractivity contribution in [3.8, 4) is 17.0 Å². The second-order valence-electron chi connectivity index (χ2n) is 9.78. The van der Waals surface area contributed by atoms with Crippen LogP contribution in [0.3, 0.4) is 0 Å². The standard InChI is InChI=1S/C35H28N4O2S/c1-24-11-13-25(14-12-24)22-41-33-20-19-26-7-5-6-10-30(26)31(33)21-36-39-34(40)28-17-15-27(16-18-28)32-23-42-35(38-32)37-29-8-3-2-4-9-29/h2-21,23H,22H2,1H3,(H,37,38)(H,39,40)/b36-21-. The predicted octanol–water partition coefficient (Wildman–Crippen LogP) is 8.36. The number of nitrogens with one attached hydrogen (secondary N) is 2. The van der Waals surface area contributed by atoms with E-state index >= 15 is 0 Å². The van der Waals surface area contributed by atoms with E-state index in [1.807, 2.05) is 84.2 Å². The minimum atomic E-state index is -0.301. The third-order valence-corrected chi connectivity index (χ3v) is 7.54. The summed E-state index contributed by atoms with van der Waals surface area (Å²) in [5.74, 6) is 0.394. The van der Waals surface area contributed by atoms with Crippen molar-refractivity contribution in [2.24, 2.45) is 5.10 Å². The van der Waals surface area contributed by atoms with Gasteiger partial charge in [0.05, 0.1) is 11.9 Å². The van der Waals surface area contributed by atoms with Gasteiger partial charge in [0, 0.05) is 27.8 Å². The summed E-state index contributed by atoms with van der Waals surface area (Å²) in [5, 5.41) is 12.5. The largest absolute Gasteiger partial charge is 0.488 e. The van der Waals surface area contributed by atoms with E-state index in [1.165, 1.54) is 16.9 Å². The van der Waals surface area contributed by atoms with E-state index in [0.717, 1.165) is 44.0 Å². The topological polar surface area (TPSA) is 75.6 Å². The fourth-order valence-electron chi connectivity index (χ4n) is 4.50. The lowest BCUT2D eigenvalue weighted by molar-refractivity contribution is 0.0955. The number of benzene rings is 5. The summed E-state index contributed by atoms with van der Waals surface area (Å²) in [5.41, 5.74) is 9.01. The minimum Gasteiger partial charge on any atom is -0.488 e. The van der Waals surface area contributed by atoms with Gasteiger partial charge in [-0.2, -0.15) is 5.10 Å². The van der Waals surface area contributed by atoms with Crippen molar-refractivity contribution in [2.75, 3.05) is 5.32 Å². The Hall–Kier alpha value is -5.27. The highest BCUT2D eigenvalue weighted by Gasteiger charge is 2.10. The van der Waals surface area contributed by atoms with Gasteiger partial charge in [-0.25, -0.2) is 10.4 Å². The molecule has 1 amide bonds. The number of rotatable bonds is 9. The Bertz CT molecular complexity index is 1850. The molecule has 6 nitrogen and oxygen atoms in total. The first-order valence-corrected chi connectivity index (χ1v) is 14.4. The van der Waals surface area contributed by atoms with Crippen LogP contribution in [0.4, 0.5) is 10.8 Å². The van der Waals surface area contributed by atoms with Crippen LogP contribution < -0.4 is 15.5 Å². The summed E-state index contributed by atoms with van der Waals surface area (Å²) in [4.78, 5) is 17.6. The number of hydrazone groups is 1. The van der Waals surface area contributed by atoms with E-state index in [2.05, 4.69) is 52.0 Å². The van der Waals surface area contributed by atoms with Crippen LogP contribution in [0.1, 0.15) is 27.0 Å². The molecule has 6 rings (SSSR count). The van der Waals surface area contributed by atoms with E-state index in [4.69, 9.17) is 4.74 Å². The number of fused-ring (bicyclic) bond motifs is 1. The second-order valence-corrected chi connectivity index (χ2v) is 10.6. The first kappa shape index (κ1) is 26.9. The molecule has 0 saturated carbocycles. The van der Waals surface area contributed by atoms with Crippen molar-refractivity contribution in [2.45, 2.75) is 13.5 Å². The minimum absolute atomic E-state index is 0.301. The van der Waals surface area contributed by atoms with Gasteiger partial charge in [-0.15, -0.1) is 11.3 Å². The number of carbonyl (C=O) groups is 1. The summed E-state index contributed by atoms with van der Waals surface area (Å²) in [6.45, 7) is 2.49. The summed E-state index contributed by atoms with van der Waals surface area (Å²) >= 11 is 1.53. The fraction of sp³-hybridized carbons (Fsp3) is 0.0571. The number of aromatic nitrogens is 1. The number of thiazole rings is 1. The third kappa shape index (κ3) is 6.37. The van der Waals surface area contributed by atoms with Crippen molar-refractivity contribution in [1.29, 1.82) is 0 Å². The lowest BCUT2D eigenvalue weighted by atomic mass is 10.0. The van der Waals surface area contributed by atoms with E-state index in [1.54, 1.807) is 18.3 Å². The SMILES string of the molecule is Cc1ccc(COc2ccc3ccccc3c2/C=N\NC(=O)c2ccc(-c3csc(Nc4ccccc4)n3)cc2)cc1. The molecular weight excluding hydrogens is 540 g/mol. The van der Waals surface area contributed by atoms with E-state index in [0.29, 0.717) is 17.9 Å². The van der Waals surface area contributed by atoms with Crippen molar-refractivity contribution in [3.05, 3.63) is 143 Å². The maximum atomic E-state index is 12.9. The van der Waals surface area contributed by atoms with Crippen molar-refractivity contribution in [3.63, 3.8) is 0 Å². The van der Waals surface area contributed by atoms with Gasteiger partial charge in [-0.05, 0) is 53.6 Å². The summed E-state index contributed by atoms with van der Waals surface area (Å²) < 4.78 is 6.19. The Morgan fingerprint density at radius 2 is 1.64 bits per heavy atom. The molecule has 0 fully saturated rings. The first-order valence-electron chi connectivity index (χ1n) is 13.5. The van der Waals surface area contributed by atoms with E-state index in [9.17, 15) is 4.79 Å². The fourth-order valence-corrected chi connectivity index (χ4v) is 5.24. The van der Waals surface area contributed by atoms with Crippen molar-refractivity contribution in [1.82, 2.24) is 10.4 Å². The Balaban J connectivity index is 1.14. The van der Waals surface area contributed by atoms with Gasteiger partial charge in [0.2, 0.25) is 0 Å². The quantitative estimate of drug-likeness (QED) is 0.136. The molecule has 0 unspecified atom stereocenters. The lowest BCUT2D eigenvalue weighted by Gasteiger charge is -2.12. The number of ether oxygens (including phenoxy) is 1. The smallest absolute Gasteiger partial charge is 0.271 e. The van der Waals surface area contributed by atoms with Gasteiger partial charge in [0.25, 0.3) is 5.91 Å². The second kappa shape index (κ2) is 12.5. The summed E-state index contributed by atoms with van der Waals surface area (Å²) in [6.07, 6.45) is 1.65. The number of para-hydroxylation sites is 1. The monoisotopic (exact) mass is 568 g/mol. The number of anilines is 2. The molecule has 7 heteroatoms. The Labute approximate surface area is 248 Å². The molecular formula is C35H28N4O2S. The Morgan fingerprint density at radius 3 is 2.45 bits per heavy atom. The molecule has 0 aliphatic rings. The van der Waals surface area contributed by atoms with Crippen molar-refractivity contribution < 1.29 is 9.53 Å². The number of amides is 1. The zero-order valence-corrected chi connectivity index (χ0v) is 23.8. The number of hydrogen-bond donors (Lipinski definition) is 2. The van der Waals surface area contributed by atoms with Gasteiger partial charge in [-0.3, -0.25) is 4.79 Å². The van der Waals surface area contributed by atoms with Gasteiger partial charge in [0.1, 0.15) is 12.4 Å². The maximum absolute atomic E-state index is 12.9. The zero-order chi connectivity index (χ0) is 28.7. The van der Waals surface area contributed by atoms with Crippen LogP contribution in [-0.2, 0) is 6.61 Å². The highest BCUT2D eigenvalue weighted by molar-refractivity contribution is 7.14. The van der Waals surface area contributed by atoms with Crippen LogP contribution in [0, 0.1) is 6.92 Å². The average Bonchev–Trinajstić information content (AvgIpc) is 3.50. The van der Waals surface area contributed by atoms with E-state index < -0.39 is 0 Å². The molecule has 2 N–H and O–H groups in total. The van der Waals surface area contributed by atoms with Crippen LogP contribution in [0.25, 0.3) is 22.0 Å². The van der Waals surface area contributed by atoms with Crippen LogP contribution in [0.5, 0.6) is 5.75 Å². The molecule has 1 heterocycles. The summed E-state index contributed by atoms with van der Waals surface area (Å²) in [6, 6.07) is 37.5. The van der Waals surface area contributed by atoms with Gasteiger partial charge in [0.15, 0.2) is 5.13 Å². The molecule has 42 heavy (non-hydrogen) atoms. The molecule has 1 aromatic heterocycles. The van der Waals surface area contributed by atoms with Gasteiger partial charge >= 0.3 is 0 Å². The number of carbonyl (C=O) groups excluding carboxylic acids is 1. The molecule has 0 aliphatic heterocycles. The molecule has 206 valence electrons. The molecule has 0 aliphatic carbocycles. The molecule has 0 spiro atoms. The summed E-state index contributed by atoms with van der Waals surface area (Å²) in [7, 11) is 0. The molecule has 0 radical (unpaired) electrons. The normalized spacial score (nSPS) is 11.1. The van der Waals surface area contributed by atoms with Gasteiger partial charge < -0.3 is 10.1 Å².